The zero-order valence-electron chi connectivity index (χ0n) is 27.6. The SMILES string of the molecule is CCCCCC/C=C/CCCCCCCCCCCCCCCCCCCCCCC(CC(=O)OCCC)C(=O)O. The van der Waals surface area contributed by atoms with E-state index in [4.69, 9.17) is 4.74 Å². The second-order valence-corrected chi connectivity index (χ2v) is 12.4. The molecule has 0 aliphatic heterocycles. The van der Waals surface area contributed by atoms with Crippen molar-refractivity contribution in [3.05, 3.63) is 12.2 Å². The number of carboxylic acid groups (broad SMARTS) is 1. The number of carboxylic acids is 1. The molecule has 0 fully saturated rings. The van der Waals surface area contributed by atoms with Crippen molar-refractivity contribution >= 4 is 11.9 Å². The Balaban J connectivity index is 3.28. The lowest BCUT2D eigenvalue weighted by Gasteiger charge is -2.11. The minimum atomic E-state index is -0.873. The van der Waals surface area contributed by atoms with Gasteiger partial charge in [-0.25, -0.2) is 0 Å². The number of unbranched alkanes of at least 4 members (excludes halogenated alkanes) is 24. The number of ether oxygens (including phenoxy) is 1. The molecule has 0 rings (SSSR count). The second-order valence-electron chi connectivity index (χ2n) is 12.4. The quantitative estimate of drug-likeness (QED) is 0.0478. The van der Waals surface area contributed by atoms with E-state index in [2.05, 4.69) is 19.1 Å². The maximum absolute atomic E-state index is 11.7. The first-order valence-corrected chi connectivity index (χ1v) is 18.1. The Kier molecular flexibility index (Phi) is 32.1. The van der Waals surface area contributed by atoms with E-state index in [1.54, 1.807) is 0 Å². The maximum Gasteiger partial charge on any atom is 0.307 e. The fraction of sp³-hybridized carbons (Fsp3) is 0.892. The number of carbonyl (C=O) groups excluding carboxylic acids is 1. The first kappa shape index (κ1) is 39.7. The molecule has 242 valence electrons. The number of carbonyl (C=O) groups is 2. The fourth-order valence-electron chi connectivity index (χ4n) is 5.55. The molecule has 0 aromatic carbocycles. The highest BCUT2D eigenvalue weighted by molar-refractivity contribution is 5.78. The Hall–Kier alpha value is -1.32. The van der Waals surface area contributed by atoms with Crippen molar-refractivity contribution in [1.29, 1.82) is 0 Å². The van der Waals surface area contributed by atoms with Gasteiger partial charge in [0.25, 0.3) is 0 Å². The third-order valence-electron chi connectivity index (χ3n) is 8.29. The standard InChI is InChI=1S/C37H70O4/c1-3-5-6-7-8-9-10-11-12-13-14-15-16-17-18-19-20-21-22-23-24-25-26-27-28-29-30-31-32-35(37(39)40)34-36(38)41-33-4-2/h9-10,35H,3-8,11-34H2,1-2H3,(H,39,40)/b10-9+. The first-order valence-electron chi connectivity index (χ1n) is 18.1. The van der Waals surface area contributed by atoms with Gasteiger partial charge in [-0.3, -0.25) is 9.59 Å². The van der Waals surface area contributed by atoms with Crippen LogP contribution in [-0.2, 0) is 14.3 Å². The fourth-order valence-corrected chi connectivity index (χ4v) is 5.55. The molecule has 0 aromatic heterocycles. The molecule has 4 nitrogen and oxygen atoms in total. The monoisotopic (exact) mass is 579 g/mol. The van der Waals surface area contributed by atoms with E-state index >= 15 is 0 Å². The van der Waals surface area contributed by atoms with Crippen LogP contribution in [0.4, 0.5) is 0 Å². The summed E-state index contributed by atoms with van der Waals surface area (Å²) in [5, 5.41) is 9.34. The molecule has 4 heteroatoms. The lowest BCUT2D eigenvalue weighted by atomic mass is 9.97. The van der Waals surface area contributed by atoms with Gasteiger partial charge in [0.05, 0.1) is 18.9 Å². The Morgan fingerprint density at radius 2 is 0.902 bits per heavy atom. The van der Waals surface area contributed by atoms with Crippen LogP contribution in [0.25, 0.3) is 0 Å². The summed E-state index contributed by atoms with van der Waals surface area (Å²) >= 11 is 0. The largest absolute Gasteiger partial charge is 0.481 e. The predicted octanol–water partition coefficient (Wildman–Crippen LogP) is 12.1. The van der Waals surface area contributed by atoms with Gasteiger partial charge in [-0.2, -0.15) is 0 Å². The molecule has 1 unspecified atom stereocenters. The second kappa shape index (κ2) is 33.2. The molecule has 0 aliphatic carbocycles. The molecule has 0 radical (unpaired) electrons. The smallest absolute Gasteiger partial charge is 0.307 e. The molecular weight excluding hydrogens is 508 g/mol. The zero-order chi connectivity index (χ0) is 30.1. The van der Waals surface area contributed by atoms with E-state index in [0.29, 0.717) is 13.0 Å². The molecule has 0 bridgehead atoms. The van der Waals surface area contributed by atoms with E-state index in [1.807, 2.05) is 6.92 Å². The summed E-state index contributed by atoms with van der Waals surface area (Å²) in [5.74, 6) is -1.85. The average molecular weight is 579 g/mol. The third-order valence-corrected chi connectivity index (χ3v) is 8.29. The lowest BCUT2D eigenvalue weighted by molar-refractivity contribution is -0.151. The Labute approximate surface area is 255 Å². The van der Waals surface area contributed by atoms with Crippen LogP contribution in [0.15, 0.2) is 12.2 Å². The summed E-state index contributed by atoms with van der Waals surface area (Å²) in [4.78, 5) is 23.1. The summed E-state index contributed by atoms with van der Waals surface area (Å²) in [7, 11) is 0. The van der Waals surface area contributed by atoms with Gasteiger partial charge in [0.15, 0.2) is 0 Å². The third kappa shape index (κ3) is 31.4. The summed E-state index contributed by atoms with van der Waals surface area (Å²) in [6.07, 6.45) is 41.0. The van der Waals surface area contributed by atoms with Crippen LogP contribution in [0.2, 0.25) is 0 Å². The minimum absolute atomic E-state index is 0.00723. The van der Waals surface area contributed by atoms with E-state index in [1.165, 1.54) is 154 Å². The maximum atomic E-state index is 11.7. The van der Waals surface area contributed by atoms with Gasteiger partial charge in [-0.05, 0) is 38.5 Å². The van der Waals surface area contributed by atoms with Crippen molar-refractivity contribution in [3.63, 3.8) is 0 Å². The van der Waals surface area contributed by atoms with Crippen LogP contribution in [0.5, 0.6) is 0 Å². The molecule has 0 heterocycles. The topological polar surface area (TPSA) is 63.6 Å². The minimum Gasteiger partial charge on any atom is -0.481 e. The molecule has 0 aliphatic rings. The summed E-state index contributed by atoms with van der Waals surface area (Å²) in [6.45, 7) is 4.59. The normalized spacial score (nSPS) is 12.2. The number of rotatable bonds is 33. The lowest BCUT2D eigenvalue weighted by Crippen LogP contribution is -2.19. The Bertz CT molecular complexity index is 585. The van der Waals surface area contributed by atoms with Crippen LogP contribution < -0.4 is 0 Å². The van der Waals surface area contributed by atoms with Gasteiger partial charge < -0.3 is 9.84 Å². The van der Waals surface area contributed by atoms with Crippen molar-refractivity contribution in [2.75, 3.05) is 6.61 Å². The number of esters is 1. The Morgan fingerprint density at radius 3 is 1.27 bits per heavy atom. The molecule has 0 amide bonds. The van der Waals surface area contributed by atoms with Crippen LogP contribution in [-0.4, -0.2) is 23.7 Å². The van der Waals surface area contributed by atoms with Crippen LogP contribution in [0.1, 0.15) is 200 Å². The first-order chi connectivity index (χ1) is 20.1. The van der Waals surface area contributed by atoms with E-state index in [0.717, 1.165) is 19.3 Å². The molecule has 0 aromatic rings. The van der Waals surface area contributed by atoms with E-state index in [-0.39, 0.29) is 12.4 Å². The molecule has 1 N–H and O–H groups in total. The van der Waals surface area contributed by atoms with Gasteiger partial charge >= 0.3 is 11.9 Å². The highest BCUT2D eigenvalue weighted by Gasteiger charge is 2.21. The van der Waals surface area contributed by atoms with Crippen LogP contribution in [0.3, 0.4) is 0 Å². The Morgan fingerprint density at radius 1 is 0.537 bits per heavy atom. The van der Waals surface area contributed by atoms with Crippen molar-refractivity contribution in [3.8, 4) is 0 Å². The molecule has 0 saturated heterocycles. The summed E-state index contributed by atoms with van der Waals surface area (Å²) in [6, 6.07) is 0. The van der Waals surface area contributed by atoms with Gasteiger partial charge in [0, 0.05) is 0 Å². The van der Waals surface area contributed by atoms with Gasteiger partial charge in [-0.15, -0.1) is 0 Å². The molecule has 0 saturated carbocycles. The van der Waals surface area contributed by atoms with Gasteiger partial charge in [0.2, 0.25) is 0 Å². The summed E-state index contributed by atoms with van der Waals surface area (Å²) in [5.41, 5.74) is 0. The molecule has 41 heavy (non-hydrogen) atoms. The van der Waals surface area contributed by atoms with Gasteiger partial charge in [0.1, 0.15) is 0 Å². The molecular formula is C37H70O4. The van der Waals surface area contributed by atoms with Gasteiger partial charge in [-0.1, -0.05) is 167 Å². The molecule has 0 spiro atoms. The average Bonchev–Trinajstić information content (AvgIpc) is 2.96. The number of hydrogen-bond donors (Lipinski definition) is 1. The predicted molar refractivity (Wildman–Crippen MR) is 176 cm³/mol. The van der Waals surface area contributed by atoms with Crippen molar-refractivity contribution < 1.29 is 19.4 Å². The molecule has 1 atom stereocenters. The van der Waals surface area contributed by atoms with Crippen LogP contribution >= 0.6 is 0 Å². The van der Waals surface area contributed by atoms with Crippen molar-refractivity contribution in [2.45, 2.75) is 200 Å². The number of allylic oxidation sites excluding steroid dienone is 2. The highest BCUT2D eigenvalue weighted by Crippen LogP contribution is 2.18. The highest BCUT2D eigenvalue weighted by atomic mass is 16.5. The van der Waals surface area contributed by atoms with E-state index in [9.17, 15) is 14.7 Å². The van der Waals surface area contributed by atoms with E-state index < -0.39 is 11.9 Å². The zero-order valence-corrected chi connectivity index (χ0v) is 27.6. The summed E-state index contributed by atoms with van der Waals surface area (Å²) < 4.78 is 5.03. The number of hydrogen-bond acceptors (Lipinski definition) is 3. The van der Waals surface area contributed by atoms with Crippen molar-refractivity contribution in [2.24, 2.45) is 5.92 Å². The van der Waals surface area contributed by atoms with Crippen LogP contribution in [0, 0.1) is 5.92 Å². The van der Waals surface area contributed by atoms with Crippen molar-refractivity contribution in [1.82, 2.24) is 0 Å². The number of aliphatic carboxylic acids is 1.